The molecule has 1 aliphatic heterocycles. The molecule has 2 heterocycles. The lowest BCUT2D eigenvalue weighted by Crippen LogP contribution is -2.53. The molecule has 0 spiro atoms. The van der Waals surface area contributed by atoms with E-state index in [-0.39, 0.29) is 23.1 Å². The Morgan fingerprint density at radius 2 is 1.87 bits per heavy atom. The van der Waals surface area contributed by atoms with E-state index in [1.165, 1.54) is 11.8 Å². The SMILES string of the molecule is COc1ccccc1-n1nnnc1SCC(=O)N1CCN(CC(=O)NC(C)(C)C)CC1. The molecule has 10 nitrogen and oxygen atoms in total. The highest BCUT2D eigenvalue weighted by Crippen LogP contribution is 2.25. The summed E-state index contributed by atoms with van der Waals surface area (Å²) in [6.45, 7) is 8.77. The maximum atomic E-state index is 12.7. The van der Waals surface area contributed by atoms with Crippen molar-refractivity contribution in [2.45, 2.75) is 31.5 Å². The molecule has 0 atom stereocenters. The van der Waals surface area contributed by atoms with Crippen LogP contribution in [-0.4, -0.2) is 92.9 Å². The van der Waals surface area contributed by atoms with Crippen LogP contribution in [0.1, 0.15) is 20.8 Å². The minimum Gasteiger partial charge on any atom is -0.494 e. The predicted octanol–water partition coefficient (Wildman–Crippen LogP) is 0.822. The van der Waals surface area contributed by atoms with Crippen LogP contribution in [-0.2, 0) is 9.59 Å². The standard InChI is InChI=1S/C20H29N7O3S/c1-20(2,3)21-17(28)13-25-9-11-26(12-10-25)18(29)14-31-19-22-23-24-27(19)15-7-5-6-8-16(15)30-4/h5-8H,9-14H2,1-4H3,(H,21,28). The van der Waals surface area contributed by atoms with Gasteiger partial charge >= 0.3 is 0 Å². The van der Waals surface area contributed by atoms with Gasteiger partial charge in [-0.05, 0) is 43.3 Å². The lowest BCUT2D eigenvalue weighted by atomic mass is 10.1. The van der Waals surface area contributed by atoms with Crippen LogP contribution in [0.2, 0.25) is 0 Å². The minimum atomic E-state index is -0.245. The Bertz CT molecular complexity index is 904. The van der Waals surface area contributed by atoms with Gasteiger partial charge in [0.15, 0.2) is 0 Å². The average molecular weight is 448 g/mol. The molecule has 1 aromatic carbocycles. The van der Waals surface area contributed by atoms with Gasteiger partial charge in [-0.2, -0.15) is 4.68 Å². The largest absolute Gasteiger partial charge is 0.494 e. The lowest BCUT2D eigenvalue weighted by Gasteiger charge is -2.34. The molecule has 0 bridgehead atoms. The molecule has 2 aromatic rings. The molecule has 31 heavy (non-hydrogen) atoms. The van der Waals surface area contributed by atoms with Crippen LogP contribution < -0.4 is 10.1 Å². The predicted molar refractivity (Wildman–Crippen MR) is 117 cm³/mol. The molecule has 1 fully saturated rings. The van der Waals surface area contributed by atoms with Gasteiger partial charge in [0, 0.05) is 31.7 Å². The number of hydrogen-bond donors (Lipinski definition) is 1. The first-order valence-electron chi connectivity index (χ1n) is 10.1. The van der Waals surface area contributed by atoms with E-state index in [1.54, 1.807) is 11.8 Å². The summed E-state index contributed by atoms with van der Waals surface area (Å²) in [5.41, 5.74) is 0.470. The first-order valence-corrected chi connectivity index (χ1v) is 11.1. The van der Waals surface area contributed by atoms with Gasteiger partial charge in [-0.3, -0.25) is 14.5 Å². The molecule has 0 unspecified atom stereocenters. The fraction of sp³-hybridized carbons (Fsp3) is 0.550. The molecule has 1 N–H and O–H groups in total. The molecule has 1 aliphatic rings. The number of carbonyl (C=O) groups excluding carboxylic acids is 2. The Kier molecular flexibility index (Phi) is 7.50. The molecular weight excluding hydrogens is 418 g/mol. The van der Waals surface area contributed by atoms with E-state index in [9.17, 15) is 9.59 Å². The number of hydrogen-bond acceptors (Lipinski definition) is 8. The van der Waals surface area contributed by atoms with Gasteiger partial charge < -0.3 is 15.0 Å². The summed E-state index contributed by atoms with van der Waals surface area (Å²) in [6.07, 6.45) is 0. The number of amides is 2. The molecule has 0 radical (unpaired) electrons. The minimum absolute atomic E-state index is 0.00556. The zero-order valence-electron chi connectivity index (χ0n) is 18.4. The Morgan fingerprint density at radius 1 is 1.16 bits per heavy atom. The number of rotatable bonds is 7. The van der Waals surface area contributed by atoms with Crippen LogP contribution in [0.15, 0.2) is 29.4 Å². The van der Waals surface area contributed by atoms with Crippen molar-refractivity contribution in [1.82, 2.24) is 35.3 Å². The van der Waals surface area contributed by atoms with Crippen molar-refractivity contribution >= 4 is 23.6 Å². The van der Waals surface area contributed by atoms with Gasteiger partial charge in [-0.15, -0.1) is 5.10 Å². The maximum Gasteiger partial charge on any atom is 0.234 e. The van der Waals surface area contributed by atoms with Crippen molar-refractivity contribution < 1.29 is 14.3 Å². The van der Waals surface area contributed by atoms with Gasteiger partial charge in [0.1, 0.15) is 11.4 Å². The van der Waals surface area contributed by atoms with Crippen molar-refractivity contribution in [3.63, 3.8) is 0 Å². The van der Waals surface area contributed by atoms with Gasteiger partial charge in [-0.1, -0.05) is 23.9 Å². The summed E-state index contributed by atoms with van der Waals surface area (Å²) in [5, 5.41) is 15.3. The topological polar surface area (TPSA) is 105 Å². The lowest BCUT2D eigenvalue weighted by molar-refractivity contribution is -0.130. The number of piperazine rings is 1. The van der Waals surface area contributed by atoms with E-state index in [4.69, 9.17) is 4.74 Å². The Morgan fingerprint density at radius 3 is 2.55 bits per heavy atom. The molecule has 2 amide bonds. The zero-order valence-corrected chi connectivity index (χ0v) is 19.2. The third-order valence-electron chi connectivity index (χ3n) is 4.69. The van der Waals surface area contributed by atoms with Crippen LogP contribution in [0, 0.1) is 0 Å². The summed E-state index contributed by atoms with van der Waals surface area (Å²) in [5.74, 6) is 0.916. The van der Waals surface area contributed by atoms with Crippen LogP contribution in [0.25, 0.3) is 5.69 Å². The second-order valence-electron chi connectivity index (χ2n) is 8.29. The summed E-state index contributed by atoms with van der Waals surface area (Å²) >= 11 is 1.29. The highest BCUT2D eigenvalue weighted by Gasteiger charge is 2.24. The molecule has 0 aliphatic carbocycles. The van der Waals surface area contributed by atoms with Gasteiger partial charge in [0.05, 0.1) is 19.4 Å². The average Bonchev–Trinajstić information content (AvgIpc) is 3.19. The third-order valence-corrected chi connectivity index (χ3v) is 5.59. The number of nitrogens with zero attached hydrogens (tertiary/aromatic N) is 6. The van der Waals surface area contributed by atoms with Crippen molar-refractivity contribution in [3.05, 3.63) is 24.3 Å². The van der Waals surface area contributed by atoms with E-state index in [1.807, 2.05) is 49.9 Å². The number of nitrogens with one attached hydrogen (secondary N) is 1. The van der Waals surface area contributed by atoms with Crippen molar-refractivity contribution in [1.29, 1.82) is 0 Å². The molecule has 1 aromatic heterocycles. The van der Waals surface area contributed by atoms with Crippen molar-refractivity contribution in [2.24, 2.45) is 0 Å². The normalized spacial score (nSPS) is 15.0. The molecule has 0 saturated carbocycles. The highest BCUT2D eigenvalue weighted by molar-refractivity contribution is 7.99. The molecule has 11 heteroatoms. The summed E-state index contributed by atoms with van der Waals surface area (Å²) < 4.78 is 6.95. The Balaban J connectivity index is 1.50. The molecule has 168 valence electrons. The Hall–Kier alpha value is -2.66. The molecule has 1 saturated heterocycles. The highest BCUT2D eigenvalue weighted by atomic mass is 32.2. The van der Waals surface area contributed by atoms with Crippen LogP contribution >= 0.6 is 11.8 Å². The number of aromatic nitrogens is 4. The second-order valence-corrected chi connectivity index (χ2v) is 9.23. The van der Waals surface area contributed by atoms with Crippen LogP contribution in [0.5, 0.6) is 5.75 Å². The summed E-state index contributed by atoms with van der Waals surface area (Å²) in [7, 11) is 1.59. The second kappa shape index (κ2) is 10.1. The monoisotopic (exact) mass is 447 g/mol. The number of thioether (sulfide) groups is 1. The van der Waals surface area contributed by atoms with Crippen LogP contribution in [0.4, 0.5) is 0 Å². The van der Waals surface area contributed by atoms with E-state index in [0.717, 1.165) is 0 Å². The fourth-order valence-corrected chi connectivity index (χ4v) is 4.05. The van der Waals surface area contributed by atoms with E-state index in [2.05, 4.69) is 25.7 Å². The van der Waals surface area contributed by atoms with Gasteiger partial charge in [-0.25, -0.2) is 0 Å². The van der Waals surface area contributed by atoms with Gasteiger partial charge in [0.25, 0.3) is 0 Å². The quantitative estimate of drug-likeness (QED) is 0.622. The van der Waals surface area contributed by atoms with E-state index in [0.29, 0.717) is 49.3 Å². The first-order chi connectivity index (χ1) is 14.8. The smallest absolute Gasteiger partial charge is 0.234 e. The van der Waals surface area contributed by atoms with Gasteiger partial charge in [0.2, 0.25) is 17.0 Å². The number of ether oxygens (including phenoxy) is 1. The molecular formula is C20H29N7O3S. The zero-order chi connectivity index (χ0) is 22.4. The van der Waals surface area contributed by atoms with E-state index < -0.39 is 0 Å². The third kappa shape index (κ3) is 6.41. The molecule has 3 rings (SSSR count). The number of benzene rings is 1. The van der Waals surface area contributed by atoms with E-state index >= 15 is 0 Å². The van der Waals surface area contributed by atoms with Crippen LogP contribution in [0.3, 0.4) is 0 Å². The number of methoxy groups -OCH3 is 1. The summed E-state index contributed by atoms with van der Waals surface area (Å²) in [4.78, 5) is 28.7. The number of para-hydroxylation sites is 2. The Labute approximate surface area is 186 Å². The maximum absolute atomic E-state index is 12.7. The number of tetrazole rings is 1. The van der Waals surface area contributed by atoms with Crippen molar-refractivity contribution in [3.8, 4) is 11.4 Å². The first kappa shape index (κ1) is 23.0. The summed E-state index contributed by atoms with van der Waals surface area (Å²) in [6, 6.07) is 7.43. The van der Waals surface area contributed by atoms with Crippen molar-refractivity contribution in [2.75, 3.05) is 45.6 Å². The number of carbonyl (C=O) groups is 2. The fourth-order valence-electron chi connectivity index (χ4n) is 3.26.